The third-order valence-corrected chi connectivity index (χ3v) is 6.95. The average molecular weight is 486 g/mol. The van der Waals surface area contributed by atoms with Crippen LogP contribution in [0.15, 0.2) is 34.8 Å². The Morgan fingerprint density at radius 2 is 2.00 bits per heavy atom. The van der Waals surface area contributed by atoms with Gasteiger partial charge in [-0.15, -0.1) is 0 Å². The van der Waals surface area contributed by atoms with Gasteiger partial charge in [0.15, 0.2) is 0 Å². The van der Waals surface area contributed by atoms with Crippen LogP contribution in [0, 0.1) is 11.7 Å². The first-order valence-corrected chi connectivity index (χ1v) is 11.8. The second kappa shape index (κ2) is 8.86. The van der Waals surface area contributed by atoms with Crippen LogP contribution in [0.1, 0.15) is 31.7 Å². The third-order valence-electron chi connectivity index (χ3n) is 6.95. The SMILES string of the molecule is C[C@H]1CN(C)C(=O)C2=C(O)C3C(=O)N4Cc5ccc(F)cc5OCCCCCNC(=O)C(=N4)C3N21. The fourth-order valence-electron chi connectivity index (χ4n) is 5.26. The van der Waals surface area contributed by atoms with Crippen LogP contribution in [0.3, 0.4) is 0 Å². The Morgan fingerprint density at radius 1 is 1.20 bits per heavy atom. The highest BCUT2D eigenvalue weighted by Crippen LogP contribution is 2.42. The fraction of sp³-hybridized carbons (Fsp3) is 0.500. The number of halogens is 1. The normalized spacial score (nSPS) is 27.4. The molecule has 4 aliphatic rings. The number of aliphatic hydroxyl groups excluding tert-OH is 1. The quantitative estimate of drug-likeness (QED) is 0.570. The molecule has 0 aromatic heterocycles. The molecule has 4 aliphatic heterocycles. The molecular formula is C24H28FN5O5. The van der Waals surface area contributed by atoms with Gasteiger partial charge in [-0.25, -0.2) is 9.40 Å². The third kappa shape index (κ3) is 3.88. The molecule has 0 radical (unpaired) electrons. The van der Waals surface area contributed by atoms with Gasteiger partial charge in [0.1, 0.15) is 34.7 Å². The monoisotopic (exact) mass is 485 g/mol. The van der Waals surface area contributed by atoms with Gasteiger partial charge in [0.05, 0.1) is 19.2 Å². The first-order valence-electron chi connectivity index (χ1n) is 11.8. The highest BCUT2D eigenvalue weighted by Gasteiger charge is 2.57. The smallest absolute Gasteiger partial charge is 0.273 e. The number of fused-ring (bicyclic) bond motifs is 6. The topological polar surface area (TPSA) is 115 Å². The van der Waals surface area contributed by atoms with E-state index >= 15 is 0 Å². The average Bonchev–Trinajstić information content (AvgIpc) is 3.13. The Bertz CT molecular complexity index is 1150. The number of hydrogen-bond donors (Lipinski definition) is 2. The highest BCUT2D eigenvalue weighted by atomic mass is 19.1. The molecule has 2 bridgehead atoms. The summed E-state index contributed by atoms with van der Waals surface area (Å²) in [6.45, 7) is 2.94. The summed E-state index contributed by atoms with van der Waals surface area (Å²) >= 11 is 0. The van der Waals surface area contributed by atoms with Gasteiger partial charge in [0.25, 0.3) is 17.7 Å². The minimum absolute atomic E-state index is 0.0284. The van der Waals surface area contributed by atoms with Crippen molar-refractivity contribution >= 4 is 23.4 Å². The van der Waals surface area contributed by atoms with Crippen LogP contribution in [0.5, 0.6) is 5.75 Å². The molecular weight excluding hydrogens is 457 g/mol. The van der Waals surface area contributed by atoms with E-state index < -0.39 is 35.5 Å². The van der Waals surface area contributed by atoms with Crippen molar-refractivity contribution in [1.29, 1.82) is 0 Å². The Hall–Kier alpha value is -3.63. The summed E-state index contributed by atoms with van der Waals surface area (Å²) < 4.78 is 19.7. The second-order valence-corrected chi connectivity index (χ2v) is 9.40. The van der Waals surface area contributed by atoms with E-state index in [9.17, 15) is 23.9 Å². The van der Waals surface area contributed by atoms with Gasteiger partial charge in [-0.3, -0.25) is 14.4 Å². The van der Waals surface area contributed by atoms with Crippen molar-refractivity contribution in [3.05, 3.63) is 41.0 Å². The predicted molar refractivity (Wildman–Crippen MR) is 123 cm³/mol. The molecule has 3 atom stereocenters. The second-order valence-electron chi connectivity index (χ2n) is 9.40. The number of piperazine rings is 1. The Balaban J connectivity index is 1.60. The number of carbonyl (C=O) groups excluding carboxylic acids is 3. The molecule has 2 unspecified atom stereocenters. The van der Waals surface area contributed by atoms with Crippen LogP contribution in [0.25, 0.3) is 0 Å². The van der Waals surface area contributed by atoms with Crippen molar-refractivity contribution < 1.29 is 28.6 Å². The van der Waals surface area contributed by atoms with Crippen LogP contribution in [-0.2, 0) is 20.9 Å². The van der Waals surface area contributed by atoms with Crippen molar-refractivity contribution in [3.63, 3.8) is 0 Å². The number of benzene rings is 1. The van der Waals surface area contributed by atoms with E-state index in [1.165, 1.54) is 23.1 Å². The maximum Gasteiger partial charge on any atom is 0.273 e. The molecule has 11 heteroatoms. The number of rotatable bonds is 0. The van der Waals surface area contributed by atoms with Gasteiger partial charge in [0, 0.05) is 37.8 Å². The highest BCUT2D eigenvalue weighted by molar-refractivity contribution is 6.42. The standard InChI is InChI=1S/C24H28FN5O5/c1-13-11-28(2)24(34)20-21(31)17-19(30(13)20)18-22(32)26-8-4-3-5-9-35-16-10-15(25)7-6-14(16)12-29(27-18)23(17)33/h6-7,10,13,17,19,31H,3-5,8-9,11-12H2,1-2H3,(H,26,32)/t13-,17?,19?/m0/s1. The lowest BCUT2D eigenvalue weighted by atomic mass is 9.91. The molecule has 5 rings (SSSR count). The van der Waals surface area contributed by atoms with E-state index in [0.717, 1.165) is 17.9 Å². The molecule has 0 spiro atoms. The number of likely N-dealkylation sites (N-methyl/N-ethyl adjacent to an activating group) is 1. The summed E-state index contributed by atoms with van der Waals surface area (Å²) in [6.07, 6.45) is 2.22. The van der Waals surface area contributed by atoms with Crippen LogP contribution in [0.2, 0.25) is 0 Å². The van der Waals surface area contributed by atoms with E-state index in [4.69, 9.17) is 4.74 Å². The summed E-state index contributed by atoms with van der Waals surface area (Å²) in [5.41, 5.74) is 0.605. The van der Waals surface area contributed by atoms with E-state index in [1.54, 1.807) is 11.9 Å². The number of nitrogens with zero attached hydrogens (tertiary/aromatic N) is 4. The lowest BCUT2D eigenvalue weighted by molar-refractivity contribution is -0.138. The van der Waals surface area contributed by atoms with E-state index in [2.05, 4.69) is 10.4 Å². The number of hydrazone groups is 1. The zero-order chi connectivity index (χ0) is 24.9. The van der Waals surface area contributed by atoms with Crippen LogP contribution in [-0.4, -0.2) is 82.2 Å². The zero-order valence-electron chi connectivity index (χ0n) is 19.7. The van der Waals surface area contributed by atoms with Gasteiger partial charge in [-0.05, 0) is 32.3 Å². The minimum atomic E-state index is -1.15. The summed E-state index contributed by atoms with van der Waals surface area (Å²) in [5, 5.41) is 19.5. The van der Waals surface area contributed by atoms with E-state index in [1.807, 2.05) is 6.92 Å². The molecule has 3 amide bonds. The van der Waals surface area contributed by atoms with E-state index in [-0.39, 0.29) is 29.8 Å². The van der Waals surface area contributed by atoms with Crippen LogP contribution < -0.4 is 10.1 Å². The number of ether oxygens (including phenoxy) is 1. The minimum Gasteiger partial charge on any atom is -0.509 e. The molecule has 0 aliphatic carbocycles. The van der Waals surface area contributed by atoms with Crippen molar-refractivity contribution in [2.45, 2.75) is 44.8 Å². The van der Waals surface area contributed by atoms with Gasteiger partial charge >= 0.3 is 0 Å². The van der Waals surface area contributed by atoms with Gasteiger partial charge < -0.3 is 25.0 Å². The van der Waals surface area contributed by atoms with Gasteiger partial charge in [-0.2, -0.15) is 5.10 Å². The first-order chi connectivity index (χ1) is 16.8. The van der Waals surface area contributed by atoms with Crippen molar-refractivity contribution in [2.75, 3.05) is 26.7 Å². The lowest BCUT2D eigenvalue weighted by Gasteiger charge is -2.43. The molecule has 0 saturated carbocycles. The van der Waals surface area contributed by atoms with Crippen LogP contribution >= 0.6 is 0 Å². The summed E-state index contributed by atoms with van der Waals surface area (Å²) in [4.78, 5) is 43.0. The number of hydrogen-bond acceptors (Lipinski definition) is 7. The first kappa shape index (κ1) is 23.1. The summed E-state index contributed by atoms with van der Waals surface area (Å²) in [6, 6.07) is 2.91. The lowest BCUT2D eigenvalue weighted by Crippen LogP contribution is -2.61. The number of nitrogens with one attached hydrogen (secondary N) is 1. The molecule has 4 heterocycles. The summed E-state index contributed by atoms with van der Waals surface area (Å²) in [7, 11) is 1.63. The fourth-order valence-corrected chi connectivity index (χ4v) is 5.26. The number of carbonyl (C=O) groups is 3. The molecule has 186 valence electrons. The Labute approximate surface area is 202 Å². The van der Waals surface area contributed by atoms with Crippen molar-refractivity contribution in [1.82, 2.24) is 20.1 Å². The molecule has 2 N–H and O–H groups in total. The predicted octanol–water partition coefficient (Wildman–Crippen LogP) is 1.13. The van der Waals surface area contributed by atoms with Gasteiger partial charge in [-0.1, -0.05) is 6.07 Å². The molecule has 1 aromatic rings. The van der Waals surface area contributed by atoms with Gasteiger partial charge in [0.2, 0.25) is 0 Å². The maximum atomic E-state index is 13.9. The largest absolute Gasteiger partial charge is 0.509 e. The molecule has 1 saturated heterocycles. The number of amides is 3. The van der Waals surface area contributed by atoms with Crippen molar-refractivity contribution in [3.8, 4) is 5.75 Å². The number of aliphatic hydroxyl groups is 1. The van der Waals surface area contributed by atoms with Crippen molar-refractivity contribution in [2.24, 2.45) is 11.0 Å². The molecule has 35 heavy (non-hydrogen) atoms. The zero-order valence-corrected chi connectivity index (χ0v) is 19.7. The molecule has 10 nitrogen and oxygen atoms in total. The molecule has 1 fully saturated rings. The van der Waals surface area contributed by atoms with E-state index in [0.29, 0.717) is 37.4 Å². The maximum absolute atomic E-state index is 13.9. The Kier molecular flexibility index (Phi) is 5.86. The summed E-state index contributed by atoms with van der Waals surface area (Å²) in [5.74, 6) is -3.08. The molecule has 1 aromatic carbocycles. The Morgan fingerprint density at radius 3 is 2.80 bits per heavy atom. The van der Waals surface area contributed by atoms with Crippen LogP contribution in [0.4, 0.5) is 4.39 Å².